The Morgan fingerprint density at radius 1 is 1.42 bits per heavy atom. The largest absolute Gasteiger partial charge is 0.0773 e. The van der Waals surface area contributed by atoms with Crippen molar-refractivity contribution in [3.63, 3.8) is 0 Å². The van der Waals surface area contributed by atoms with Crippen LogP contribution in [-0.2, 0) is 0 Å². The number of fused-ring (bicyclic) bond motifs is 1. The van der Waals surface area contributed by atoms with Crippen LogP contribution in [0.15, 0.2) is 23.8 Å². The van der Waals surface area contributed by atoms with Crippen LogP contribution in [0.25, 0.3) is 0 Å². The van der Waals surface area contributed by atoms with E-state index < -0.39 is 0 Å². The molecule has 2 atom stereocenters. The zero-order valence-electron chi connectivity index (χ0n) is 7.92. The van der Waals surface area contributed by atoms with Gasteiger partial charge in [0.1, 0.15) is 0 Å². The minimum atomic E-state index is 0.840. The van der Waals surface area contributed by atoms with Gasteiger partial charge in [0.2, 0.25) is 0 Å². The molecular weight excluding hydrogens is 144 g/mol. The zero-order chi connectivity index (χ0) is 8.39. The van der Waals surface area contributed by atoms with E-state index in [0.717, 1.165) is 11.8 Å². The first kappa shape index (κ1) is 8.10. The van der Waals surface area contributed by atoms with Gasteiger partial charge in [-0.15, -0.1) is 0 Å². The standard InChI is InChI=1S/C12H18/c1-2-3-5-10-8-9-11-6-4-7-12(10)11/h4,6-7,10-11H,2-3,5,8-9H2,1H3. The molecule has 0 spiro atoms. The number of hydrogen-bond donors (Lipinski definition) is 0. The van der Waals surface area contributed by atoms with Crippen molar-refractivity contribution < 1.29 is 0 Å². The van der Waals surface area contributed by atoms with Crippen LogP contribution in [-0.4, -0.2) is 0 Å². The van der Waals surface area contributed by atoms with Gasteiger partial charge in [0.25, 0.3) is 0 Å². The highest BCUT2D eigenvalue weighted by Crippen LogP contribution is 2.42. The summed E-state index contributed by atoms with van der Waals surface area (Å²) in [5.74, 6) is 1.77. The second kappa shape index (κ2) is 3.47. The normalized spacial score (nSPS) is 32.2. The van der Waals surface area contributed by atoms with Gasteiger partial charge in [0.05, 0.1) is 0 Å². The lowest BCUT2D eigenvalue weighted by molar-refractivity contribution is 0.540. The lowest BCUT2D eigenvalue weighted by Gasteiger charge is -2.10. The van der Waals surface area contributed by atoms with Gasteiger partial charge in [-0.05, 0) is 31.1 Å². The Morgan fingerprint density at radius 2 is 2.33 bits per heavy atom. The number of allylic oxidation sites excluding steroid dienone is 4. The SMILES string of the molecule is CCCCC1CCC2C=CC=C21. The molecule has 0 aliphatic heterocycles. The fraction of sp³-hybridized carbons (Fsp3) is 0.667. The molecule has 2 aliphatic carbocycles. The number of rotatable bonds is 3. The van der Waals surface area contributed by atoms with Crippen molar-refractivity contribution >= 4 is 0 Å². The Labute approximate surface area is 75.4 Å². The Kier molecular flexibility index (Phi) is 2.34. The summed E-state index contributed by atoms with van der Waals surface area (Å²) in [5, 5.41) is 0. The van der Waals surface area contributed by atoms with Gasteiger partial charge in [0.15, 0.2) is 0 Å². The van der Waals surface area contributed by atoms with E-state index in [4.69, 9.17) is 0 Å². The van der Waals surface area contributed by atoms with Crippen LogP contribution < -0.4 is 0 Å². The van der Waals surface area contributed by atoms with Crippen molar-refractivity contribution in [3.8, 4) is 0 Å². The maximum absolute atomic E-state index is 2.38. The summed E-state index contributed by atoms with van der Waals surface area (Å²) in [6, 6.07) is 0. The van der Waals surface area contributed by atoms with Gasteiger partial charge in [0, 0.05) is 0 Å². The molecule has 0 aromatic rings. The van der Waals surface area contributed by atoms with Gasteiger partial charge in [-0.3, -0.25) is 0 Å². The van der Waals surface area contributed by atoms with Crippen LogP contribution in [0.3, 0.4) is 0 Å². The third-order valence-electron chi connectivity index (χ3n) is 3.26. The van der Waals surface area contributed by atoms with Crippen molar-refractivity contribution in [3.05, 3.63) is 23.8 Å². The van der Waals surface area contributed by atoms with Crippen LogP contribution in [0.5, 0.6) is 0 Å². The summed E-state index contributed by atoms with van der Waals surface area (Å²) in [7, 11) is 0. The summed E-state index contributed by atoms with van der Waals surface area (Å²) in [5.41, 5.74) is 1.74. The van der Waals surface area contributed by atoms with Crippen molar-refractivity contribution in [1.82, 2.24) is 0 Å². The first-order valence-corrected chi connectivity index (χ1v) is 5.30. The summed E-state index contributed by atoms with van der Waals surface area (Å²) < 4.78 is 0. The first-order valence-electron chi connectivity index (χ1n) is 5.30. The van der Waals surface area contributed by atoms with Gasteiger partial charge in [-0.2, -0.15) is 0 Å². The molecule has 1 fully saturated rings. The van der Waals surface area contributed by atoms with E-state index in [0.29, 0.717) is 0 Å². The summed E-state index contributed by atoms with van der Waals surface area (Å²) in [4.78, 5) is 0. The summed E-state index contributed by atoms with van der Waals surface area (Å²) in [6.07, 6.45) is 14.0. The summed E-state index contributed by atoms with van der Waals surface area (Å²) >= 11 is 0. The molecule has 12 heavy (non-hydrogen) atoms. The highest BCUT2D eigenvalue weighted by molar-refractivity contribution is 5.32. The van der Waals surface area contributed by atoms with Gasteiger partial charge in [-0.1, -0.05) is 43.6 Å². The molecule has 0 saturated heterocycles. The average Bonchev–Trinajstić information content (AvgIpc) is 2.62. The Bertz CT molecular complexity index is 210. The third-order valence-corrected chi connectivity index (χ3v) is 3.26. The van der Waals surface area contributed by atoms with Crippen LogP contribution in [0, 0.1) is 11.8 Å². The lowest BCUT2D eigenvalue weighted by atomic mass is 9.95. The van der Waals surface area contributed by atoms with E-state index in [1.54, 1.807) is 5.57 Å². The third kappa shape index (κ3) is 1.35. The van der Waals surface area contributed by atoms with E-state index in [-0.39, 0.29) is 0 Å². The molecule has 0 nitrogen and oxygen atoms in total. The maximum atomic E-state index is 2.38. The second-order valence-electron chi connectivity index (χ2n) is 4.07. The van der Waals surface area contributed by atoms with Gasteiger partial charge < -0.3 is 0 Å². The zero-order valence-corrected chi connectivity index (χ0v) is 7.92. The molecular formula is C12H18. The molecule has 0 heteroatoms. The van der Waals surface area contributed by atoms with Gasteiger partial charge in [-0.25, -0.2) is 0 Å². The minimum Gasteiger partial charge on any atom is -0.0773 e. The molecule has 0 bridgehead atoms. The highest BCUT2D eigenvalue weighted by atomic mass is 14.3. The molecule has 0 radical (unpaired) electrons. The van der Waals surface area contributed by atoms with E-state index in [2.05, 4.69) is 25.2 Å². The van der Waals surface area contributed by atoms with Crippen LogP contribution in [0.2, 0.25) is 0 Å². The lowest BCUT2D eigenvalue weighted by Crippen LogP contribution is -1.98. The molecule has 0 amide bonds. The second-order valence-corrected chi connectivity index (χ2v) is 4.07. The number of unbranched alkanes of at least 4 members (excludes halogenated alkanes) is 1. The molecule has 2 rings (SSSR count). The maximum Gasteiger partial charge on any atom is -0.00141 e. The van der Waals surface area contributed by atoms with Crippen molar-refractivity contribution in [1.29, 1.82) is 0 Å². The Morgan fingerprint density at radius 3 is 3.17 bits per heavy atom. The molecule has 1 saturated carbocycles. The predicted molar refractivity (Wildman–Crippen MR) is 53.0 cm³/mol. The van der Waals surface area contributed by atoms with Crippen molar-refractivity contribution in [2.45, 2.75) is 39.0 Å². The van der Waals surface area contributed by atoms with E-state index in [1.807, 2.05) is 0 Å². The molecule has 0 aromatic carbocycles. The van der Waals surface area contributed by atoms with E-state index in [9.17, 15) is 0 Å². The Hall–Kier alpha value is -0.520. The van der Waals surface area contributed by atoms with Crippen molar-refractivity contribution in [2.24, 2.45) is 11.8 Å². The fourth-order valence-electron chi connectivity index (χ4n) is 2.55. The van der Waals surface area contributed by atoms with Crippen LogP contribution in [0.1, 0.15) is 39.0 Å². The highest BCUT2D eigenvalue weighted by Gasteiger charge is 2.29. The fourth-order valence-corrected chi connectivity index (χ4v) is 2.55. The molecule has 0 aromatic heterocycles. The molecule has 0 heterocycles. The smallest absolute Gasteiger partial charge is 0.00141 e. The van der Waals surface area contributed by atoms with Crippen LogP contribution >= 0.6 is 0 Å². The minimum absolute atomic E-state index is 0.840. The Balaban J connectivity index is 1.92. The van der Waals surface area contributed by atoms with Gasteiger partial charge >= 0.3 is 0 Å². The quantitative estimate of drug-likeness (QED) is 0.593. The monoisotopic (exact) mass is 162 g/mol. The average molecular weight is 162 g/mol. The molecule has 2 unspecified atom stereocenters. The topological polar surface area (TPSA) is 0 Å². The van der Waals surface area contributed by atoms with Crippen LogP contribution in [0.4, 0.5) is 0 Å². The van der Waals surface area contributed by atoms with Crippen molar-refractivity contribution in [2.75, 3.05) is 0 Å². The molecule has 2 aliphatic rings. The number of hydrogen-bond acceptors (Lipinski definition) is 0. The van der Waals surface area contributed by atoms with E-state index in [1.165, 1.54) is 32.1 Å². The molecule has 0 N–H and O–H groups in total. The molecule has 66 valence electrons. The predicted octanol–water partition coefficient (Wildman–Crippen LogP) is 3.70. The first-order chi connectivity index (χ1) is 5.92. The van der Waals surface area contributed by atoms with E-state index >= 15 is 0 Å². The summed E-state index contributed by atoms with van der Waals surface area (Å²) in [6.45, 7) is 2.29.